The van der Waals surface area contributed by atoms with Gasteiger partial charge >= 0.3 is 0 Å². The minimum Gasteiger partial charge on any atom is -0.311 e. The fourth-order valence-corrected chi connectivity index (χ4v) is 9.02. The van der Waals surface area contributed by atoms with Crippen LogP contribution in [0.5, 0.6) is 0 Å². The highest BCUT2D eigenvalue weighted by Crippen LogP contribution is 2.49. The van der Waals surface area contributed by atoms with Gasteiger partial charge in [-0.1, -0.05) is 200 Å². The predicted molar refractivity (Wildman–Crippen MR) is 254 cm³/mol. The van der Waals surface area contributed by atoms with E-state index in [0.717, 1.165) is 22.6 Å². The molecule has 2 heteroatoms. The molecule has 0 aliphatic rings. The summed E-state index contributed by atoms with van der Waals surface area (Å²) in [7, 11) is 0. The summed E-state index contributed by atoms with van der Waals surface area (Å²) < 4.78 is 2.52. The highest BCUT2D eigenvalue weighted by atomic mass is 15.1. The lowest BCUT2D eigenvalue weighted by Crippen LogP contribution is -2.09. The van der Waals surface area contributed by atoms with E-state index in [-0.39, 0.29) is 0 Å². The monoisotopic (exact) mass is 764 g/mol. The van der Waals surface area contributed by atoms with Gasteiger partial charge in [-0.25, -0.2) is 0 Å². The molecule has 0 atom stereocenters. The summed E-state index contributed by atoms with van der Waals surface area (Å²) in [6.45, 7) is 0. The Kier molecular flexibility index (Phi) is 8.87. The summed E-state index contributed by atoms with van der Waals surface area (Å²) in [6, 6.07) is 87.8. The molecule has 0 unspecified atom stereocenters. The molecule has 11 aromatic rings. The van der Waals surface area contributed by atoms with Crippen LogP contribution in [-0.2, 0) is 0 Å². The van der Waals surface area contributed by atoms with Crippen LogP contribution in [0.4, 0.5) is 17.1 Å². The summed E-state index contributed by atoms with van der Waals surface area (Å²) >= 11 is 0. The van der Waals surface area contributed by atoms with E-state index in [2.05, 4.69) is 252 Å². The number of anilines is 3. The number of nitrogens with zero attached hydrogens (tertiary/aromatic N) is 2. The Morgan fingerprint density at radius 3 is 1.10 bits per heavy atom. The highest BCUT2D eigenvalue weighted by molar-refractivity contribution is 6.20. The largest absolute Gasteiger partial charge is 0.311 e. The first-order valence-electron chi connectivity index (χ1n) is 20.6. The number of fused-ring (bicyclic) bond motifs is 6. The Morgan fingerprint density at radius 2 is 0.600 bits per heavy atom. The minimum absolute atomic E-state index is 1.08. The van der Waals surface area contributed by atoms with Crippen molar-refractivity contribution in [2.45, 2.75) is 0 Å². The number of rotatable bonds is 8. The van der Waals surface area contributed by atoms with E-state index in [0.29, 0.717) is 0 Å². The summed E-state index contributed by atoms with van der Waals surface area (Å²) in [4.78, 5) is 2.36. The number of hydrogen-bond acceptors (Lipinski definition) is 1. The van der Waals surface area contributed by atoms with E-state index in [1.807, 2.05) is 0 Å². The number of pyridine rings is 1. The molecule has 282 valence electrons. The second-order valence-corrected chi connectivity index (χ2v) is 15.3. The average molecular weight is 765 g/mol. The fourth-order valence-electron chi connectivity index (χ4n) is 9.02. The van der Waals surface area contributed by atoms with Crippen LogP contribution in [0.3, 0.4) is 0 Å². The molecule has 0 saturated heterocycles. The number of aromatic nitrogens is 1. The second kappa shape index (κ2) is 15.1. The van der Waals surface area contributed by atoms with Crippen molar-refractivity contribution in [1.82, 2.24) is 4.40 Å². The zero-order valence-electron chi connectivity index (χ0n) is 33.0. The van der Waals surface area contributed by atoms with Crippen LogP contribution in [0.15, 0.2) is 243 Å². The Labute approximate surface area is 350 Å². The van der Waals surface area contributed by atoms with Gasteiger partial charge in [-0.15, -0.1) is 0 Å². The van der Waals surface area contributed by atoms with Crippen LogP contribution in [-0.4, -0.2) is 4.40 Å². The van der Waals surface area contributed by atoms with Gasteiger partial charge in [0.2, 0.25) is 0 Å². The number of hydrogen-bond donors (Lipinski definition) is 0. The molecule has 0 bridgehead atoms. The maximum absolute atomic E-state index is 2.52. The molecule has 0 fully saturated rings. The molecule has 2 aromatic heterocycles. The molecular weight excluding hydrogens is 725 g/mol. The van der Waals surface area contributed by atoms with Crippen LogP contribution < -0.4 is 4.90 Å². The topological polar surface area (TPSA) is 7.65 Å². The van der Waals surface area contributed by atoms with Gasteiger partial charge in [0, 0.05) is 39.0 Å². The SMILES string of the molecule is c1ccc(-c2ccc(N(c3ccc(-c4ccccc4)cc3)c3ccc(-c4c(-c5ccccc5)c5c6ccccc6c6ccccc6n5c4-c4ccccc4)cc3)cc2)cc1. The van der Waals surface area contributed by atoms with Crippen molar-refractivity contribution in [2.24, 2.45) is 0 Å². The van der Waals surface area contributed by atoms with Crippen molar-refractivity contribution in [3.05, 3.63) is 243 Å². The van der Waals surface area contributed by atoms with E-state index >= 15 is 0 Å². The van der Waals surface area contributed by atoms with Crippen molar-refractivity contribution >= 4 is 44.3 Å². The first-order chi connectivity index (χ1) is 29.8. The smallest absolute Gasteiger partial charge is 0.0626 e. The van der Waals surface area contributed by atoms with E-state index in [4.69, 9.17) is 0 Å². The average Bonchev–Trinajstić information content (AvgIpc) is 3.70. The Balaban J connectivity index is 1.13. The summed E-state index contributed by atoms with van der Waals surface area (Å²) in [5.41, 5.74) is 17.6. The number of para-hydroxylation sites is 1. The van der Waals surface area contributed by atoms with Crippen molar-refractivity contribution < 1.29 is 0 Å². The summed E-state index contributed by atoms with van der Waals surface area (Å²) in [5, 5.41) is 3.73. The molecular formula is C58H40N2. The lowest BCUT2D eigenvalue weighted by molar-refractivity contribution is 1.28. The van der Waals surface area contributed by atoms with Crippen LogP contribution in [0.25, 0.3) is 83.0 Å². The summed E-state index contributed by atoms with van der Waals surface area (Å²) in [6.07, 6.45) is 0. The molecule has 0 spiro atoms. The molecule has 0 radical (unpaired) electrons. The lowest BCUT2D eigenvalue weighted by atomic mass is 9.92. The van der Waals surface area contributed by atoms with E-state index in [1.165, 1.54) is 77.4 Å². The fraction of sp³-hybridized carbons (Fsp3) is 0. The van der Waals surface area contributed by atoms with Gasteiger partial charge in [0.1, 0.15) is 0 Å². The van der Waals surface area contributed by atoms with Crippen LogP contribution in [0.1, 0.15) is 0 Å². The zero-order chi connectivity index (χ0) is 39.8. The first-order valence-corrected chi connectivity index (χ1v) is 20.6. The Hall–Kier alpha value is -7.94. The molecule has 0 aliphatic heterocycles. The third kappa shape index (κ3) is 6.14. The van der Waals surface area contributed by atoms with Gasteiger partial charge in [0.25, 0.3) is 0 Å². The molecule has 0 N–H and O–H groups in total. The highest BCUT2D eigenvalue weighted by Gasteiger charge is 2.26. The lowest BCUT2D eigenvalue weighted by Gasteiger charge is -2.26. The van der Waals surface area contributed by atoms with E-state index in [1.54, 1.807) is 0 Å². The molecule has 0 amide bonds. The Morgan fingerprint density at radius 1 is 0.250 bits per heavy atom. The Bertz CT molecular complexity index is 3040. The minimum atomic E-state index is 1.08. The quantitative estimate of drug-likeness (QED) is 0.140. The second-order valence-electron chi connectivity index (χ2n) is 15.3. The van der Waals surface area contributed by atoms with Crippen molar-refractivity contribution in [1.29, 1.82) is 0 Å². The van der Waals surface area contributed by atoms with Gasteiger partial charge in [0.05, 0.1) is 16.7 Å². The molecule has 0 saturated carbocycles. The molecule has 9 aromatic carbocycles. The normalized spacial score (nSPS) is 11.3. The van der Waals surface area contributed by atoms with Crippen LogP contribution in [0, 0.1) is 0 Å². The van der Waals surface area contributed by atoms with Gasteiger partial charge in [-0.2, -0.15) is 0 Å². The molecule has 2 nitrogen and oxygen atoms in total. The standard InChI is InChI=1S/C58H40N2/c1-5-17-41(18-6-1)43-29-35-48(36-30-43)59(49-37-31-44(32-38-49)42-19-7-2-8-20-42)50-39-33-46(34-40-50)55-56(45-21-9-3-10-22-45)58-53-27-14-13-25-51(53)52-26-15-16-28-54(52)60(58)57(55)47-23-11-4-12-24-47/h1-40H. The van der Waals surface area contributed by atoms with Gasteiger partial charge < -0.3 is 9.30 Å². The maximum Gasteiger partial charge on any atom is 0.0626 e. The first kappa shape index (κ1) is 35.2. The third-order valence-corrected chi connectivity index (χ3v) is 11.8. The third-order valence-electron chi connectivity index (χ3n) is 11.8. The molecule has 0 aliphatic carbocycles. The predicted octanol–water partition coefficient (Wildman–Crippen LogP) is 16.1. The van der Waals surface area contributed by atoms with Gasteiger partial charge in [-0.3, -0.25) is 0 Å². The molecule has 60 heavy (non-hydrogen) atoms. The van der Waals surface area contributed by atoms with Crippen LogP contribution >= 0.6 is 0 Å². The van der Waals surface area contributed by atoms with Gasteiger partial charge in [-0.05, 0) is 86.8 Å². The summed E-state index contributed by atoms with van der Waals surface area (Å²) in [5.74, 6) is 0. The maximum atomic E-state index is 2.52. The zero-order valence-corrected chi connectivity index (χ0v) is 33.0. The van der Waals surface area contributed by atoms with Crippen molar-refractivity contribution in [2.75, 3.05) is 4.90 Å². The molecule has 11 rings (SSSR count). The van der Waals surface area contributed by atoms with Crippen molar-refractivity contribution in [3.63, 3.8) is 0 Å². The van der Waals surface area contributed by atoms with Crippen molar-refractivity contribution in [3.8, 4) is 55.8 Å². The van der Waals surface area contributed by atoms with Crippen LogP contribution in [0.2, 0.25) is 0 Å². The van der Waals surface area contributed by atoms with E-state index in [9.17, 15) is 0 Å². The molecule has 2 heterocycles. The van der Waals surface area contributed by atoms with Gasteiger partial charge in [0.15, 0.2) is 0 Å². The van der Waals surface area contributed by atoms with E-state index < -0.39 is 0 Å². The number of benzene rings is 9.